The van der Waals surface area contributed by atoms with Crippen LogP contribution in [-0.2, 0) is 10.0 Å². The van der Waals surface area contributed by atoms with Gasteiger partial charge in [-0.25, -0.2) is 12.8 Å². The van der Waals surface area contributed by atoms with Gasteiger partial charge in [0.25, 0.3) is 15.9 Å². The van der Waals surface area contributed by atoms with Crippen molar-refractivity contribution in [3.8, 4) is 5.75 Å². The number of nitrogens with zero attached hydrogens (tertiary/aromatic N) is 1. The Morgan fingerprint density at radius 3 is 2.39 bits per heavy atom. The summed E-state index contributed by atoms with van der Waals surface area (Å²) in [6.07, 6.45) is 0. The molecule has 0 aliphatic carbocycles. The second-order valence-electron chi connectivity index (χ2n) is 6.61. The second-order valence-corrected chi connectivity index (χ2v) is 8.70. The Hall–Kier alpha value is -3.10. The molecule has 0 bridgehead atoms. The molecule has 1 N–H and O–H groups in total. The fourth-order valence-corrected chi connectivity index (χ4v) is 4.01. The Morgan fingerprint density at radius 1 is 1.03 bits per heavy atom. The van der Waals surface area contributed by atoms with Crippen molar-refractivity contribution in [1.82, 2.24) is 4.90 Å². The molecule has 0 aliphatic rings. The molecule has 0 spiro atoms. The zero-order valence-corrected chi connectivity index (χ0v) is 18.2. The zero-order chi connectivity index (χ0) is 22.4. The molecule has 0 atom stereocenters. The highest BCUT2D eigenvalue weighted by molar-refractivity contribution is 7.92. The van der Waals surface area contributed by atoms with E-state index < -0.39 is 15.8 Å². The zero-order valence-electron chi connectivity index (χ0n) is 16.6. The van der Waals surface area contributed by atoms with Crippen LogP contribution in [0.2, 0.25) is 5.02 Å². The summed E-state index contributed by atoms with van der Waals surface area (Å²) >= 11 is 6.05. The first-order valence-electron chi connectivity index (χ1n) is 9.28. The molecule has 3 aromatic rings. The second kappa shape index (κ2) is 9.80. The van der Waals surface area contributed by atoms with Gasteiger partial charge in [-0.15, -0.1) is 0 Å². The standard InChI is InChI=1S/C22H20ClFN2O4S/c1-26(14-15-30-21-9-5-3-7-19(21)23)22(27)18-6-2-4-8-20(18)25-31(28,29)17-12-10-16(24)11-13-17/h2-13,25H,14-15H2,1H3. The molecule has 3 aromatic carbocycles. The summed E-state index contributed by atoms with van der Waals surface area (Å²) < 4.78 is 46.4. The van der Waals surface area contributed by atoms with Crippen LogP contribution in [0.3, 0.4) is 0 Å². The first-order valence-corrected chi connectivity index (χ1v) is 11.1. The van der Waals surface area contributed by atoms with E-state index in [1.807, 2.05) is 0 Å². The van der Waals surface area contributed by atoms with Gasteiger partial charge >= 0.3 is 0 Å². The van der Waals surface area contributed by atoms with Crippen LogP contribution in [-0.4, -0.2) is 39.4 Å². The van der Waals surface area contributed by atoms with Crippen LogP contribution in [0, 0.1) is 5.82 Å². The number of nitrogens with one attached hydrogen (secondary N) is 1. The van der Waals surface area contributed by atoms with Gasteiger partial charge in [0, 0.05) is 7.05 Å². The highest BCUT2D eigenvalue weighted by atomic mass is 35.5. The van der Waals surface area contributed by atoms with E-state index in [-0.39, 0.29) is 35.2 Å². The molecular formula is C22H20ClFN2O4S. The van der Waals surface area contributed by atoms with Crippen molar-refractivity contribution < 1.29 is 22.3 Å². The number of sulfonamides is 1. The Kier molecular flexibility index (Phi) is 7.14. The van der Waals surface area contributed by atoms with E-state index in [9.17, 15) is 17.6 Å². The third-order valence-corrected chi connectivity index (χ3v) is 6.09. The van der Waals surface area contributed by atoms with E-state index in [1.165, 1.54) is 17.0 Å². The number of hydrogen-bond acceptors (Lipinski definition) is 4. The number of ether oxygens (including phenoxy) is 1. The SMILES string of the molecule is CN(CCOc1ccccc1Cl)C(=O)c1ccccc1NS(=O)(=O)c1ccc(F)cc1. The van der Waals surface area contributed by atoms with Gasteiger partial charge in [-0.3, -0.25) is 9.52 Å². The van der Waals surface area contributed by atoms with Gasteiger partial charge in [-0.2, -0.15) is 0 Å². The third kappa shape index (κ3) is 5.74. The highest BCUT2D eigenvalue weighted by Crippen LogP contribution is 2.24. The Morgan fingerprint density at radius 2 is 1.68 bits per heavy atom. The molecule has 0 unspecified atom stereocenters. The minimum absolute atomic E-state index is 0.113. The Bertz CT molecular complexity index is 1170. The number of rotatable bonds is 8. The van der Waals surface area contributed by atoms with Gasteiger partial charge in [0.1, 0.15) is 18.2 Å². The van der Waals surface area contributed by atoms with Crippen LogP contribution in [0.25, 0.3) is 0 Å². The molecule has 0 saturated heterocycles. The predicted octanol–water partition coefficient (Wildman–Crippen LogP) is 4.43. The average molecular weight is 463 g/mol. The number of halogens is 2. The average Bonchev–Trinajstić information content (AvgIpc) is 2.75. The summed E-state index contributed by atoms with van der Waals surface area (Å²) in [5.74, 6) is -0.423. The molecule has 31 heavy (non-hydrogen) atoms. The lowest BCUT2D eigenvalue weighted by atomic mass is 10.1. The van der Waals surface area contributed by atoms with Crippen LogP contribution >= 0.6 is 11.6 Å². The van der Waals surface area contributed by atoms with Crippen molar-refractivity contribution in [3.05, 3.63) is 89.2 Å². The number of carbonyl (C=O) groups excluding carboxylic acids is 1. The first-order chi connectivity index (χ1) is 14.8. The number of para-hydroxylation sites is 2. The van der Waals surface area contributed by atoms with Crippen molar-refractivity contribution in [2.75, 3.05) is 24.9 Å². The number of benzene rings is 3. The van der Waals surface area contributed by atoms with Crippen LogP contribution in [0.1, 0.15) is 10.4 Å². The molecule has 1 amide bonds. The lowest BCUT2D eigenvalue weighted by Gasteiger charge is -2.20. The highest BCUT2D eigenvalue weighted by Gasteiger charge is 2.20. The monoisotopic (exact) mass is 462 g/mol. The van der Waals surface area contributed by atoms with Gasteiger partial charge < -0.3 is 9.64 Å². The molecule has 0 heterocycles. The first kappa shape index (κ1) is 22.6. The minimum Gasteiger partial charge on any atom is -0.490 e. The van der Waals surface area contributed by atoms with Gasteiger partial charge in [-0.1, -0.05) is 35.9 Å². The predicted molar refractivity (Wildman–Crippen MR) is 118 cm³/mol. The van der Waals surface area contributed by atoms with E-state index in [0.717, 1.165) is 24.3 Å². The number of likely N-dealkylation sites (N-methyl/N-ethyl adjacent to an activating group) is 1. The number of amides is 1. The Labute approximate surface area is 185 Å². The van der Waals surface area contributed by atoms with Crippen molar-refractivity contribution in [1.29, 1.82) is 0 Å². The third-order valence-electron chi connectivity index (χ3n) is 4.39. The summed E-state index contributed by atoms with van der Waals surface area (Å²) in [4.78, 5) is 14.2. The van der Waals surface area contributed by atoms with E-state index in [0.29, 0.717) is 10.8 Å². The quantitative estimate of drug-likeness (QED) is 0.537. The van der Waals surface area contributed by atoms with Gasteiger partial charge in [-0.05, 0) is 48.5 Å². The van der Waals surface area contributed by atoms with Crippen molar-refractivity contribution in [3.63, 3.8) is 0 Å². The molecular weight excluding hydrogens is 443 g/mol. The normalized spacial score (nSPS) is 11.1. The van der Waals surface area contributed by atoms with Crippen LogP contribution in [0.15, 0.2) is 77.7 Å². The van der Waals surface area contributed by atoms with Gasteiger partial charge in [0.2, 0.25) is 0 Å². The van der Waals surface area contributed by atoms with E-state index in [4.69, 9.17) is 16.3 Å². The van der Waals surface area contributed by atoms with Crippen LogP contribution in [0.4, 0.5) is 10.1 Å². The fourth-order valence-electron chi connectivity index (χ4n) is 2.74. The maximum absolute atomic E-state index is 13.1. The minimum atomic E-state index is -4.00. The topological polar surface area (TPSA) is 75.7 Å². The molecule has 0 radical (unpaired) electrons. The van der Waals surface area contributed by atoms with Crippen LogP contribution in [0.5, 0.6) is 5.75 Å². The molecule has 0 aliphatic heterocycles. The lowest BCUT2D eigenvalue weighted by Crippen LogP contribution is -2.31. The summed E-state index contributed by atoms with van der Waals surface area (Å²) in [6.45, 7) is 0.457. The molecule has 3 rings (SSSR count). The Balaban J connectivity index is 1.70. The summed E-state index contributed by atoms with van der Waals surface area (Å²) in [5.41, 5.74) is 0.295. The van der Waals surface area contributed by atoms with Crippen molar-refractivity contribution >= 4 is 33.2 Å². The van der Waals surface area contributed by atoms with E-state index in [2.05, 4.69) is 4.72 Å². The summed E-state index contributed by atoms with van der Waals surface area (Å²) in [7, 11) is -2.41. The molecule has 6 nitrogen and oxygen atoms in total. The number of carbonyl (C=O) groups is 1. The van der Waals surface area contributed by atoms with Crippen LogP contribution < -0.4 is 9.46 Å². The maximum Gasteiger partial charge on any atom is 0.261 e. The maximum atomic E-state index is 13.1. The molecule has 0 saturated carbocycles. The van der Waals surface area contributed by atoms with E-state index >= 15 is 0 Å². The van der Waals surface area contributed by atoms with E-state index in [1.54, 1.807) is 43.4 Å². The lowest BCUT2D eigenvalue weighted by molar-refractivity contribution is 0.0775. The smallest absolute Gasteiger partial charge is 0.261 e. The molecule has 162 valence electrons. The molecule has 0 fully saturated rings. The summed E-state index contributed by atoms with van der Waals surface area (Å²) in [6, 6.07) is 17.7. The largest absolute Gasteiger partial charge is 0.490 e. The van der Waals surface area contributed by atoms with Gasteiger partial charge in [0.05, 0.1) is 27.7 Å². The summed E-state index contributed by atoms with van der Waals surface area (Å²) in [5, 5.41) is 0.469. The van der Waals surface area contributed by atoms with Crippen molar-refractivity contribution in [2.45, 2.75) is 4.90 Å². The van der Waals surface area contributed by atoms with Crippen molar-refractivity contribution in [2.24, 2.45) is 0 Å². The number of hydrogen-bond donors (Lipinski definition) is 1. The molecule has 0 aromatic heterocycles. The van der Waals surface area contributed by atoms with Gasteiger partial charge in [0.15, 0.2) is 0 Å². The molecule has 9 heteroatoms. The fraction of sp³-hybridized carbons (Fsp3) is 0.136. The number of anilines is 1.